The van der Waals surface area contributed by atoms with Crippen molar-refractivity contribution in [2.24, 2.45) is 5.92 Å². The second kappa shape index (κ2) is 12.3. The first-order chi connectivity index (χ1) is 19.6. The van der Waals surface area contributed by atoms with Crippen molar-refractivity contribution < 1.29 is 28.2 Å². The lowest BCUT2D eigenvalue weighted by Crippen LogP contribution is -2.24. The number of alkyl halides is 2. The number of anilines is 1. The summed E-state index contributed by atoms with van der Waals surface area (Å²) in [5, 5.41) is 9.60. The standard InChI is InChI=1S/C33H32F2N2O4/c1-4-28-27(32(39)40)19-29(36)37(28)31(38)30(24-11-7-6-8-12-24)21(3)23-14-16-26(17-15-23)41-20-22-10-9-13-25(18-22)33(34,35)5-2/h2,4,9-10,13-19,24H,1,6-8,11-12,20,36H2,3H3,(H,39,40)/b30-21+. The Labute approximate surface area is 238 Å². The number of carbonyl (C=O) groups excluding carboxylic acids is 1. The first-order valence-electron chi connectivity index (χ1n) is 13.4. The lowest BCUT2D eigenvalue weighted by atomic mass is 9.80. The largest absolute Gasteiger partial charge is 0.489 e. The van der Waals surface area contributed by atoms with Crippen molar-refractivity contribution >= 4 is 29.3 Å². The number of halogens is 2. The number of hydrogen-bond acceptors (Lipinski definition) is 4. The van der Waals surface area contributed by atoms with E-state index in [1.165, 1.54) is 40.8 Å². The molecule has 1 heterocycles. The molecule has 4 rings (SSSR count). The van der Waals surface area contributed by atoms with Gasteiger partial charge in [0.25, 0.3) is 5.91 Å². The second-order valence-corrected chi connectivity index (χ2v) is 10.1. The van der Waals surface area contributed by atoms with Gasteiger partial charge in [0, 0.05) is 11.1 Å². The Hall–Kier alpha value is -4.64. The molecule has 2 aromatic carbocycles. The average molecular weight is 559 g/mol. The molecule has 0 unspecified atom stereocenters. The Morgan fingerprint density at radius 1 is 1.17 bits per heavy atom. The van der Waals surface area contributed by atoms with E-state index in [0.29, 0.717) is 16.9 Å². The van der Waals surface area contributed by atoms with Crippen LogP contribution in [-0.2, 0) is 12.5 Å². The molecular formula is C33H32F2N2O4. The highest BCUT2D eigenvalue weighted by Gasteiger charge is 2.30. The number of nitrogens with zero attached hydrogens (tertiary/aromatic N) is 1. The van der Waals surface area contributed by atoms with Crippen molar-refractivity contribution in [3.05, 3.63) is 94.7 Å². The molecule has 6 nitrogen and oxygen atoms in total. The summed E-state index contributed by atoms with van der Waals surface area (Å²) in [5.74, 6) is -2.86. The number of carbonyl (C=O) groups is 2. The molecule has 0 atom stereocenters. The molecule has 1 aromatic heterocycles. The molecule has 212 valence electrons. The summed E-state index contributed by atoms with van der Waals surface area (Å²) in [6.45, 7) is 5.65. The molecule has 0 saturated heterocycles. The summed E-state index contributed by atoms with van der Waals surface area (Å²) < 4.78 is 34.8. The molecule has 0 amide bonds. The molecule has 41 heavy (non-hydrogen) atoms. The summed E-state index contributed by atoms with van der Waals surface area (Å²) in [7, 11) is 0. The van der Waals surface area contributed by atoms with Gasteiger partial charge in [-0.2, -0.15) is 8.78 Å². The monoisotopic (exact) mass is 558 g/mol. The predicted octanol–water partition coefficient (Wildman–Crippen LogP) is 7.41. The van der Waals surface area contributed by atoms with Crippen molar-refractivity contribution in [2.75, 3.05) is 5.73 Å². The van der Waals surface area contributed by atoms with E-state index in [2.05, 4.69) is 6.58 Å². The number of allylic oxidation sites excluding steroid dienone is 2. The predicted molar refractivity (Wildman–Crippen MR) is 156 cm³/mol. The second-order valence-electron chi connectivity index (χ2n) is 10.1. The maximum atomic E-state index is 14.0. The number of carboxylic acids is 1. The highest BCUT2D eigenvalue weighted by atomic mass is 19.3. The highest BCUT2D eigenvalue weighted by molar-refractivity contribution is 6.07. The average Bonchev–Trinajstić information content (AvgIpc) is 3.33. The molecule has 3 aromatic rings. The van der Waals surface area contributed by atoms with Crippen LogP contribution in [0.1, 0.15) is 76.6 Å². The van der Waals surface area contributed by atoms with E-state index in [1.807, 2.05) is 19.1 Å². The van der Waals surface area contributed by atoms with Gasteiger partial charge in [0.2, 0.25) is 0 Å². The van der Waals surface area contributed by atoms with E-state index in [0.717, 1.165) is 43.2 Å². The minimum Gasteiger partial charge on any atom is -0.489 e. The van der Waals surface area contributed by atoms with Crippen molar-refractivity contribution in [3.8, 4) is 18.1 Å². The zero-order valence-electron chi connectivity index (χ0n) is 22.8. The van der Waals surface area contributed by atoms with Gasteiger partial charge in [-0.3, -0.25) is 9.36 Å². The summed E-state index contributed by atoms with van der Waals surface area (Å²) in [5.41, 5.74) is 8.64. The minimum absolute atomic E-state index is 0.00617. The molecule has 0 aliphatic heterocycles. The van der Waals surface area contributed by atoms with Crippen LogP contribution < -0.4 is 10.5 Å². The summed E-state index contributed by atoms with van der Waals surface area (Å²) in [4.78, 5) is 25.8. The normalized spacial score (nSPS) is 14.6. The van der Waals surface area contributed by atoms with E-state index >= 15 is 0 Å². The van der Waals surface area contributed by atoms with E-state index in [4.69, 9.17) is 16.9 Å². The Balaban J connectivity index is 1.64. The molecule has 3 N–H and O–H groups in total. The molecule has 0 spiro atoms. The molecule has 1 aliphatic rings. The van der Waals surface area contributed by atoms with E-state index < -0.39 is 11.9 Å². The van der Waals surface area contributed by atoms with Gasteiger partial charge in [-0.1, -0.05) is 56.2 Å². The zero-order valence-corrected chi connectivity index (χ0v) is 22.8. The third kappa shape index (κ3) is 6.25. The quantitative estimate of drug-likeness (QED) is 0.211. The topological polar surface area (TPSA) is 94.5 Å². The van der Waals surface area contributed by atoms with Gasteiger partial charge in [0.1, 0.15) is 18.2 Å². The third-order valence-electron chi connectivity index (χ3n) is 7.51. The van der Waals surface area contributed by atoms with Crippen LogP contribution >= 0.6 is 0 Å². The van der Waals surface area contributed by atoms with Crippen molar-refractivity contribution in [3.63, 3.8) is 0 Å². The molecule has 0 bridgehead atoms. The maximum Gasteiger partial charge on any atom is 0.337 e. The van der Waals surface area contributed by atoms with E-state index in [1.54, 1.807) is 18.2 Å². The zero-order chi connectivity index (χ0) is 29.7. The number of nitrogen functional groups attached to an aromatic ring is 1. The number of hydrogen-bond donors (Lipinski definition) is 2. The van der Waals surface area contributed by atoms with Crippen LogP contribution in [0.15, 0.2) is 66.7 Å². The number of ether oxygens (including phenoxy) is 1. The number of nitrogens with two attached hydrogens (primary N) is 1. The lowest BCUT2D eigenvalue weighted by Gasteiger charge is -2.26. The summed E-state index contributed by atoms with van der Waals surface area (Å²) >= 11 is 0. The van der Waals surface area contributed by atoms with Gasteiger partial charge in [-0.15, -0.1) is 6.42 Å². The number of terminal acetylenes is 1. The van der Waals surface area contributed by atoms with Crippen molar-refractivity contribution in [1.82, 2.24) is 4.57 Å². The Bertz CT molecular complexity index is 1540. The van der Waals surface area contributed by atoms with Crippen LogP contribution in [-0.4, -0.2) is 21.6 Å². The van der Waals surface area contributed by atoms with E-state index in [9.17, 15) is 23.5 Å². The number of benzene rings is 2. The number of aromatic nitrogens is 1. The van der Waals surface area contributed by atoms with Gasteiger partial charge < -0.3 is 15.6 Å². The summed E-state index contributed by atoms with van der Waals surface area (Å²) in [6.07, 6.45) is 11.1. The summed E-state index contributed by atoms with van der Waals surface area (Å²) in [6, 6.07) is 14.2. The first kappa shape index (κ1) is 29.3. The maximum absolute atomic E-state index is 14.0. The van der Waals surface area contributed by atoms with Crippen LogP contribution in [0.25, 0.3) is 11.6 Å². The number of rotatable bonds is 9. The van der Waals surface area contributed by atoms with Gasteiger partial charge in [-0.25, -0.2) is 4.79 Å². The van der Waals surface area contributed by atoms with Gasteiger partial charge in [-0.05, 0) is 78.6 Å². The Morgan fingerprint density at radius 3 is 2.46 bits per heavy atom. The first-order valence-corrected chi connectivity index (χ1v) is 13.4. The molecular weight excluding hydrogens is 526 g/mol. The van der Waals surface area contributed by atoms with Crippen LogP contribution in [0.3, 0.4) is 0 Å². The molecule has 1 saturated carbocycles. The van der Waals surface area contributed by atoms with Gasteiger partial charge in [0.05, 0.1) is 11.3 Å². The molecule has 1 aliphatic carbocycles. The van der Waals surface area contributed by atoms with Crippen LogP contribution in [0, 0.1) is 18.3 Å². The molecule has 8 heteroatoms. The van der Waals surface area contributed by atoms with Crippen LogP contribution in [0.5, 0.6) is 5.75 Å². The number of aromatic carboxylic acids is 1. The Kier molecular flexibility index (Phi) is 8.77. The Morgan fingerprint density at radius 2 is 1.85 bits per heavy atom. The van der Waals surface area contributed by atoms with Crippen LogP contribution in [0.4, 0.5) is 14.6 Å². The minimum atomic E-state index is -3.36. The van der Waals surface area contributed by atoms with E-state index in [-0.39, 0.29) is 41.1 Å². The van der Waals surface area contributed by atoms with Gasteiger partial charge in [0.15, 0.2) is 0 Å². The highest BCUT2D eigenvalue weighted by Crippen LogP contribution is 2.37. The fraction of sp³-hybridized carbons (Fsp3) is 0.273. The fourth-order valence-electron chi connectivity index (χ4n) is 5.36. The molecule has 1 fully saturated rings. The van der Waals surface area contributed by atoms with Crippen molar-refractivity contribution in [1.29, 1.82) is 0 Å². The SMILES string of the molecule is C#CC(F)(F)c1cccc(COc2ccc(/C(C)=C(/C(=O)n3c(N)cc(C(=O)O)c3C=C)C3CCCCC3)cc2)c1. The smallest absolute Gasteiger partial charge is 0.337 e. The molecule has 0 radical (unpaired) electrons. The lowest BCUT2D eigenvalue weighted by molar-refractivity contribution is 0.0638. The van der Waals surface area contributed by atoms with Crippen molar-refractivity contribution in [2.45, 2.75) is 51.6 Å². The van der Waals surface area contributed by atoms with Gasteiger partial charge >= 0.3 is 11.9 Å². The fourth-order valence-corrected chi connectivity index (χ4v) is 5.36. The van der Waals surface area contributed by atoms with Crippen LogP contribution in [0.2, 0.25) is 0 Å². The number of carboxylic acid groups (broad SMARTS) is 1. The third-order valence-corrected chi connectivity index (χ3v) is 7.51.